The van der Waals surface area contributed by atoms with Crippen molar-refractivity contribution >= 4 is 14.1 Å². The summed E-state index contributed by atoms with van der Waals surface area (Å²) in [5.41, 5.74) is -0.433. The van der Waals surface area contributed by atoms with Gasteiger partial charge in [-0.3, -0.25) is 4.79 Å². The molecule has 0 heterocycles. The van der Waals surface area contributed by atoms with Crippen molar-refractivity contribution in [1.82, 2.24) is 0 Å². The number of methoxy groups -OCH3 is 1. The van der Waals surface area contributed by atoms with E-state index in [2.05, 4.69) is 13.2 Å². The zero-order valence-electron chi connectivity index (χ0n) is 11.0. The fraction of sp³-hybridized carbons (Fsp3) is 0.462. The molecule has 17 heavy (non-hydrogen) atoms. The molecule has 0 saturated carbocycles. The molecule has 4 heteroatoms. The van der Waals surface area contributed by atoms with Crippen LogP contribution in [-0.4, -0.2) is 26.8 Å². The van der Waals surface area contributed by atoms with Crippen LogP contribution in [0.3, 0.4) is 0 Å². The molecule has 1 rings (SSSR count). The molecule has 1 aliphatic rings. The lowest BCUT2D eigenvalue weighted by Gasteiger charge is -2.44. The Balaban J connectivity index is 3.20. The van der Waals surface area contributed by atoms with Crippen LogP contribution in [0.1, 0.15) is 6.42 Å². The van der Waals surface area contributed by atoms with Gasteiger partial charge >= 0.3 is 0 Å². The van der Waals surface area contributed by atoms with Crippen LogP contribution in [0.15, 0.2) is 36.6 Å². The molecular weight excluding hydrogens is 232 g/mol. The van der Waals surface area contributed by atoms with E-state index in [9.17, 15) is 4.79 Å². The molecule has 0 bridgehead atoms. The van der Waals surface area contributed by atoms with E-state index in [1.807, 2.05) is 19.6 Å². The number of carbonyl (C=O) groups is 1. The first kappa shape index (κ1) is 13.9. The summed E-state index contributed by atoms with van der Waals surface area (Å²) in [7, 11) is -0.307. The standard InChI is InChI=1S/C13H20O3Si/c1-7-9-13(16-17(4,5)6)11(14)10(8-2)12(13)15-3/h7-8H,1-2,9H2,3-6H3. The lowest BCUT2D eigenvalue weighted by molar-refractivity contribution is -0.136. The second kappa shape index (κ2) is 4.62. The molecule has 0 radical (unpaired) electrons. The first-order chi connectivity index (χ1) is 7.82. The third-order valence-electron chi connectivity index (χ3n) is 2.54. The highest BCUT2D eigenvalue weighted by Gasteiger charge is 2.56. The number of hydrogen-bond donors (Lipinski definition) is 0. The van der Waals surface area contributed by atoms with Crippen LogP contribution in [0.5, 0.6) is 0 Å². The zero-order valence-corrected chi connectivity index (χ0v) is 12.0. The molecule has 0 aromatic heterocycles. The Morgan fingerprint density at radius 1 is 1.35 bits per heavy atom. The van der Waals surface area contributed by atoms with E-state index in [1.54, 1.807) is 13.2 Å². The van der Waals surface area contributed by atoms with Gasteiger partial charge in [-0.2, -0.15) is 0 Å². The van der Waals surface area contributed by atoms with Crippen molar-refractivity contribution < 1.29 is 14.0 Å². The molecule has 0 aromatic carbocycles. The Morgan fingerprint density at radius 2 is 1.94 bits per heavy atom. The summed E-state index contributed by atoms with van der Waals surface area (Å²) >= 11 is 0. The van der Waals surface area contributed by atoms with Gasteiger partial charge in [0.05, 0.1) is 12.7 Å². The van der Waals surface area contributed by atoms with Crippen molar-refractivity contribution in [2.24, 2.45) is 0 Å². The van der Waals surface area contributed by atoms with Gasteiger partial charge in [0.15, 0.2) is 13.9 Å². The Hall–Kier alpha value is -1.13. The van der Waals surface area contributed by atoms with E-state index in [4.69, 9.17) is 9.16 Å². The molecule has 0 aliphatic heterocycles. The number of rotatable bonds is 6. The van der Waals surface area contributed by atoms with Crippen LogP contribution >= 0.6 is 0 Å². The number of ketones is 1. The van der Waals surface area contributed by atoms with E-state index in [0.29, 0.717) is 17.8 Å². The predicted molar refractivity (Wildman–Crippen MR) is 71.2 cm³/mol. The average molecular weight is 252 g/mol. The first-order valence-electron chi connectivity index (χ1n) is 5.59. The Morgan fingerprint density at radius 3 is 2.29 bits per heavy atom. The van der Waals surface area contributed by atoms with Crippen molar-refractivity contribution in [1.29, 1.82) is 0 Å². The van der Waals surface area contributed by atoms with Crippen molar-refractivity contribution in [2.45, 2.75) is 31.7 Å². The van der Waals surface area contributed by atoms with Crippen LogP contribution in [-0.2, 0) is 14.0 Å². The molecule has 1 atom stereocenters. The SMILES string of the molecule is C=CCC1(O[Si](C)(C)C)C(=O)C(C=C)=C1OC. The number of Topliss-reactive ketones (excluding diaryl/α,β-unsaturated/α-hetero) is 1. The zero-order chi connectivity index (χ0) is 13.3. The van der Waals surface area contributed by atoms with Gasteiger partial charge in [0.25, 0.3) is 0 Å². The van der Waals surface area contributed by atoms with Gasteiger partial charge in [-0.05, 0) is 19.6 Å². The normalized spacial score (nSPS) is 24.4. The molecule has 0 amide bonds. The highest BCUT2D eigenvalue weighted by atomic mass is 28.4. The van der Waals surface area contributed by atoms with E-state index in [-0.39, 0.29) is 5.78 Å². The Bertz CT molecular complexity index is 390. The molecule has 0 aromatic rings. The Kier molecular flexibility index (Phi) is 3.79. The second-order valence-electron chi connectivity index (χ2n) is 5.01. The monoisotopic (exact) mass is 252 g/mol. The van der Waals surface area contributed by atoms with Gasteiger partial charge in [0, 0.05) is 6.42 Å². The average Bonchev–Trinajstić information content (AvgIpc) is 2.22. The molecule has 0 spiro atoms. The Labute approximate surface area is 104 Å². The number of hydrogen-bond acceptors (Lipinski definition) is 3. The lowest BCUT2D eigenvalue weighted by atomic mass is 9.75. The fourth-order valence-electron chi connectivity index (χ4n) is 2.08. The third-order valence-corrected chi connectivity index (χ3v) is 3.50. The summed E-state index contributed by atoms with van der Waals surface area (Å²) in [6.45, 7) is 13.5. The van der Waals surface area contributed by atoms with E-state index < -0.39 is 13.9 Å². The largest absolute Gasteiger partial charge is 0.497 e. The summed E-state index contributed by atoms with van der Waals surface area (Å²) in [5.74, 6) is 0.534. The van der Waals surface area contributed by atoms with E-state index in [1.165, 1.54) is 6.08 Å². The molecule has 1 unspecified atom stereocenters. The topological polar surface area (TPSA) is 35.5 Å². The first-order valence-corrected chi connectivity index (χ1v) is 9.00. The molecule has 0 N–H and O–H groups in total. The van der Waals surface area contributed by atoms with Crippen molar-refractivity contribution in [2.75, 3.05) is 7.11 Å². The van der Waals surface area contributed by atoms with E-state index >= 15 is 0 Å². The minimum Gasteiger partial charge on any atom is -0.497 e. The molecule has 1 aliphatic carbocycles. The molecule has 3 nitrogen and oxygen atoms in total. The highest BCUT2D eigenvalue weighted by Crippen LogP contribution is 2.43. The van der Waals surface area contributed by atoms with Gasteiger partial charge in [0.1, 0.15) is 5.76 Å². The summed E-state index contributed by atoms with van der Waals surface area (Å²) in [6.07, 6.45) is 3.66. The summed E-state index contributed by atoms with van der Waals surface area (Å²) in [6, 6.07) is 0. The third kappa shape index (κ3) is 2.28. The molecule has 0 fully saturated rings. The smallest absolute Gasteiger partial charge is 0.205 e. The summed E-state index contributed by atoms with van der Waals surface area (Å²) in [5, 5.41) is 0. The molecule has 0 saturated heterocycles. The summed E-state index contributed by atoms with van der Waals surface area (Å²) in [4.78, 5) is 12.2. The number of allylic oxidation sites excluding steroid dienone is 1. The second-order valence-corrected chi connectivity index (χ2v) is 9.44. The van der Waals surface area contributed by atoms with Gasteiger partial charge in [-0.1, -0.05) is 18.7 Å². The van der Waals surface area contributed by atoms with E-state index in [0.717, 1.165) is 0 Å². The maximum Gasteiger partial charge on any atom is 0.205 e. The van der Waals surface area contributed by atoms with Gasteiger partial charge in [0.2, 0.25) is 5.78 Å². The quantitative estimate of drug-likeness (QED) is 0.538. The summed E-state index contributed by atoms with van der Waals surface area (Å²) < 4.78 is 11.3. The van der Waals surface area contributed by atoms with Crippen LogP contribution in [0.4, 0.5) is 0 Å². The van der Waals surface area contributed by atoms with Gasteiger partial charge in [-0.25, -0.2) is 0 Å². The minimum absolute atomic E-state index is 0.0494. The maximum absolute atomic E-state index is 12.2. The highest BCUT2D eigenvalue weighted by molar-refractivity contribution is 6.70. The van der Waals surface area contributed by atoms with Crippen LogP contribution in [0.2, 0.25) is 19.6 Å². The molecular formula is C13H20O3Si. The number of ether oxygens (including phenoxy) is 1. The maximum atomic E-state index is 12.2. The van der Waals surface area contributed by atoms with Crippen molar-refractivity contribution in [3.63, 3.8) is 0 Å². The number of carbonyl (C=O) groups excluding carboxylic acids is 1. The van der Waals surface area contributed by atoms with Crippen molar-refractivity contribution in [3.05, 3.63) is 36.6 Å². The van der Waals surface area contributed by atoms with Gasteiger partial charge in [-0.15, -0.1) is 6.58 Å². The van der Waals surface area contributed by atoms with Crippen molar-refractivity contribution in [3.8, 4) is 0 Å². The fourth-order valence-corrected chi connectivity index (χ4v) is 3.40. The van der Waals surface area contributed by atoms with Crippen LogP contribution in [0, 0.1) is 0 Å². The minimum atomic E-state index is -1.86. The lowest BCUT2D eigenvalue weighted by Crippen LogP contribution is -2.57. The predicted octanol–water partition coefficient (Wildman–Crippen LogP) is 2.82. The van der Waals surface area contributed by atoms with Crippen LogP contribution in [0.25, 0.3) is 0 Å². The van der Waals surface area contributed by atoms with Gasteiger partial charge < -0.3 is 9.16 Å². The molecule has 94 valence electrons. The van der Waals surface area contributed by atoms with Crippen LogP contribution < -0.4 is 0 Å².